The van der Waals surface area contributed by atoms with Gasteiger partial charge in [-0.05, 0) is 23.6 Å². The maximum atomic E-state index is 12.6. The van der Waals surface area contributed by atoms with Gasteiger partial charge in [-0.25, -0.2) is 9.79 Å². The molecule has 1 heterocycles. The zero-order valence-electron chi connectivity index (χ0n) is 12.1. The highest BCUT2D eigenvalue weighted by atomic mass is 16.6. The summed E-state index contributed by atoms with van der Waals surface area (Å²) in [4.78, 5) is 17.3. The summed E-state index contributed by atoms with van der Waals surface area (Å²) in [6.45, 7) is 3.98. The highest BCUT2D eigenvalue weighted by Gasteiger charge is 2.50. The van der Waals surface area contributed by atoms with E-state index in [0.29, 0.717) is 5.90 Å². The largest absolute Gasteiger partial charge is 0.405 e. The Kier molecular flexibility index (Phi) is 3.34. The third-order valence-electron chi connectivity index (χ3n) is 3.85. The van der Waals surface area contributed by atoms with Crippen molar-refractivity contribution in [3.63, 3.8) is 0 Å². The first-order chi connectivity index (χ1) is 10.1. The average molecular weight is 279 g/mol. The average Bonchev–Trinajstić information content (AvgIpc) is 2.88. The first-order valence-electron chi connectivity index (χ1n) is 7.07. The lowest BCUT2D eigenvalue weighted by Gasteiger charge is -2.26. The van der Waals surface area contributed by atoms with Gasteiger partial charge in [0.05, 0.1) is 0 Å². The van der Waals surface area contributed by atoms with Gasteiger partial charge in [0, 0.05) is 5.56 Å². The number of benzene rings is 2. The Balaban J connectivity index is 2.13. The Hall–Kier alpha value is -2.42. The minimum absolute atomic E-state index is 0.00797. The molecule has 106 valence electrons. The number of nitrogens with zero attached hydrogens (tertiary/aromatic N) is 1. The highest BCUT2D eigenvalue weighted by Crippen LogP contribution is 2.39. The second-order valence-corrected chi connectivity index (χ2v) is 5.46. The van der Waals surface area contributed by atoms with Gasteiger partial charge in [0.15, 0.2) is 5.54 Å². The molecule has 0 amide bonds. The quantitative estimate of drug-likeness (QED) is 0.806. The summed E-state index contributed by atoms with van der Waals surface area (Å²) in [6.07, 6.45) is 0. The van der Waals surface area contributed by atoms with E-state index < -0.39 is 5.54 Å². The zero-order valence-corrected chi connectivity index (χ0v) is 12.1. The summed E-state index contributed by atoms with van der Waals surface area (Å²) in [5, 5.41) is 0. The smallest absolute Gasteiger partial charge is 0.345 e. The molecule has 2 aromatic carbocycles. The van der Waals surface area contributed by atoms with Gasteiger partial charge >= 0.3 is 5.97 Å². The summed E-state index contributed by atoms with van der Waals surface area (Å²) in [6, 6.07) is 19.2. The normalized spacial score (nSPS) is 21.3. The molecule has 0 aromatic heterocycles. The van der Waals surface area contributed by atoms with Crippen LogP contribution in [0.5, 0.6) is 0 Å². The molecule has 0 aliphatic carbocycles. The lowest BCUT2D eigenvalue weighted by molar-refractivity contribution is -0.141. The third kappa shape index (κ3) is 2.15. The molecule has 21 heavy (non-hydrogen) atoms. The van der Waals surface area contributed by atoms with E-state index >= 15 is 0 Å². The second-order valence-electron chi connectivity index (χ2n) is 5.46. The van der Waals surface area contributed by atoms with Gasteiger partial charge in [-0.3, -0.25) is 0 Å². The number of hydrogen-bond donors (Lipinski definition) is 0. The first kappa shape index (κ1) is 13.6. The van der Waals surface area contributed by atoms with Gasteiger partial charge in [-0.15, -0.1) is 0 Å². The number of carbonyl (C=O) groups excluding carboxylic acids is 1. The summed E-state index contributed by atoms with van der Waals surface area (Å²) in [5.41, 5.74) is 0.743. The molecule has 1 atom stereocenters. The van der Waals surface area contributed by atoms with Crippen molar-refractivity contribution in [2.75, 3.05) is 0 Å². The number of hydrogen-bond acceptors (Lipinski definition) is 3. The van der Waals surface area contributed by atoms with Gasteiger partial charge in [0.1, 0.15) is 0 Å². The highest BCUT2D eigenvalue weighted by molar-refractivity contribution is 6.08. The Morgan fingerprint density at radius 1 is 0.952 bits per heavy atom. The number of esters is 1. The fourth-order valence-corrected chi connectivity index (χ4v) is 2.67. The van der Waals surface area contributed by atoms with Crippen molar-refractivity contribution in [1.29, 1.82) is 0 Å². The van der Waals surface area contributed by atoms with Crippen LogP contribution in [-0.2, 0) is 15.1 Å². The number of cyclic esters (lactones) is 1. The molecule has 3 heteroatoms. The molecule has 3 nitrogen and oxygen atoms in total. The second kappa shape index (κ2) is 5.17. The monoisotopic (exact) mass is 279 g/mol. The van der Waals surface area contributed by atoms with E-state index in [1.54, 1.807) is 0 Å². The fourth-order valence-electron chi connectivity index (χ4n) is 2.67. The summed E-state index contributed by atoms with van der Waals surface area (Å²) in [7, 11) is 0. The molecule has 0 spiro atoms. The topological polar surface area (TPSA) is 38.7 Å². The van der Waals surface area contributed by atoms with Crippen molar-refractivity contribution in [3.8, 4) is 0 Å². The molecule has 0 fully saturated rings. The molecular formula is C18H17NO2. The van der Waals surface area contributed by atoms with E-state index in [0.717, 1.165) is 11.1 Å². The van der Waals surface area contributed by atoms with Crippen molar-refractivity contribution in [3.05, 3.63) is 71.8 Å². The van der Waals surface area contributed by atoms with Crippen LogP contribution in [0, 0.1) is 5.92 Å². The van der Waals surface area contributed by atoms with Crippen LogP contribution < -0.4 is 0 Å². The lowest BCUT2D eigenvalue weighted by atomic mass is 9.81. The molecule has 1 aliphatic rings. The molecular weight excluding hydrogens is 262 g/mol. The molecule has 3 rings (SSSR count). The van der Waals surface area contributed by atoms with Gasteiger partial charge in [-0.1, -0.05) is 62.4 Å². The maximum Gasteiger partial charge on any atom is 0.345 e. The van der Waals surface area contributed by atoms with Gasteiger partial charge in [0.2, 0.25) is 5.90 Å². The Labute approximate surface area is 124 Å². The molecule has 0 saturated carbocycles. The van der Waals surface area contributed by atoms with Crippen LogP contribution >= 0.6 is 0 Å². The van der Waals surface area contributed by atoms with Crippen LogP contribution in [0.1, 0.15) is 25.0 Å². The molecule has 1 aliphatic heterocycles. The van der Waals surface area contributed by atoms with Crippen LogP contribution in [0.25, 0.3) is 0 Å². The number of carbonyl (C=O) groups is 1. The van der Waals surface area contributed by atoms with Crippen LogP contribution in [-0.4, -0.2) is 11.9 Å². The number of aliphatic imine (C=N–C) groups is 1. The van der Waals surface area contributed by atoms with E-state index in [1.807, 2.05) is 74.5 Å². The minimum Gasteiger partial charge on any atom is -0.405 e. The van der Waals surface area contributed by atoms with Crippen LogP contribution in [0.2, 0.25) is 0 Å². The Morgan fingerprint density at radius 3 is 2.10 bits per heavy atom. The molecule has 0 saturated heterocycles. The predicted molar refractivity (Wildman–Crippen MR) is 82.0 cm³/mol. The summed E-state index contributed by atoms with van der Waals surface area (Å²) in [5.74, 6) is 0.106. The van der Waals surface area contributed by atoms with E-state index in [-0.39, 0.29) is 11.9 Å². The van der Waals surface area contributed by atoms with E-state index in [9.17, 15) is 4.79 Å². The SMILES string of the molecule is CC(C)[C@]1(c2ccccc2)N=C(c2ccccc2)OC1=O. The van der Waals surface area contributed by atoms with E-state index in [2.05, 4.69) is 4.99 Å². The first-order valence-corrected chi connectivity index (χ1v) is 7.07. The van der Waals surface area contributed by atoms with Crippen LogP contribution in [0.3, 0.4) is 0 Å². The Morgan fingerprint density at radius 2 is 1.52 bits per heavy atom. The summed E-state index contributed by atoms with van der Waals surface area (Å²) >= 11 is 0. The van der Waals surface area contributed by atoms with Crippen LogP contribution in [0.15, 0.2) is 65.7 Å². The van der Waals surface area contributed by atoms with Crippen molar-refractivity contribution in [2.45, 2.75) is 19.4 Å². The lowest BCUT2D eigenvalue weighted by Crippen LogP contribution is -2.36. The molecule has 2 aromatic rings. The predicted octanol–water partition coefficient (Wildman–Crippen LogP) is 3.54. The maximum absolute atomic E-state index is 12.6. The third-order valence-corrected chi connectivity index (χ3v) is 3.85. The standard InChI is InChI=1S/C18H17NO2/c1-13(2)18(15-11-7-4-8-12-15)17(20)21-16(19-18)14-9-5-3-6-10-14/h3-13H,1-2H3/t18-/m1/s1. The van der Waals surface area contributed by atoms with Crippen molar-refractivity contribution >= 4 is 11.9 Å². The zero-order chi connectivity index (χ0) is 14.9. The molecule has 0 radical (unpaired) electrons. The Bertz CT molecular complexity index is 677. The van der Waals surface area contributed by atoms with E-state index in [1.165, 1.54) is 0 Å². The van der Waals surface area contributed by atoms with Gasteiger partial charge < -0.3 is 4.74 Å². The number of ether oxygens (including phenoxy) is 1. The molecule has 0 unspecified atom stereocenters. The summed E-state index contributed by atoms with van der Waals surface area (Å²) < 4.78 is 5.49. The van der Waals surface area contributed by atoms with Crippen molar-refractivity contribution in [2.24, 2.45) is 10.9 Å². The fraction of sp³-hybridized carbons (Fsp3) is 0.222. The van der Waals surface area contributed by atoms with Crippen LogP contribution in [0.4, 0.5) is 0 Å². The van der Waals surface area contributed by atoms with Gasteiger partial charge in [0.25, 0.3) is 0 Å². The molecule has 0 bridgehead atoms. The van der Waals surface area contributed by atoms with Crippen molar-refractivity contribution in [1.82, 2.24) is 0 Å². The van der Waals surface area contributed by atoms with E-state index in [4.69, 9.17) is 4.74 Å². The minimum atomic E-state index is -0.952. The van der Waals surface area contributed by atoms with Gasteiger partial charge in [-0.2, -0.15) is 0 Å². The molecule has 0 N–H and O–H groups in total. The number of rotatable bonds is 3. The van der Waals surface area contributed by atoms with Crippen molar-refractivity contribution < 1.29 is 9.53 Å².